The highest BCUT2D eigenvalue weighted by Crippen LogP contribution is 2.21. The van der Waals surface area contributed by atoms with Gasteiger partial charge in [-0.05, 0) is 19.3 Å². The van der Waals surface area contributed by atoms with Crippen molar-refractivity contribution in [3.63, 3.8) is 0 Å². The summed E-state index contributed by atoms with van der Waals surface area (Å²) in [7, 11) is 0. The summed E-state index contributed by atoms with van der Waals surface area (Å²) in [6, 6.07) is 2.81. The molecule has 6 heteroatoms. The number of ether oxygens (including phenoxy) is 2. The number of aromatic nitrogens is 2. The molecule has 6 nitrogen and oxygen atoms in total. The number of anilines is 1. The van der Waals surface area contributed by atoms with Gasteiger partial charge in [0.25, 0.3) is 0 Å². The van der Waals surface area contributed by atoms with Crippen molar-refractivity contribution in [2.24, 2.45) is 0 Å². The van der Waals surface area contributed by atoms with Crippen molar-refractivity contribution in [3.05, 3.63) is 12.3 Å². The maximum Gasteiger partial charge on any atom is 0.229 e. The molecule has 21 heavy (non-hydrogen) atoms. The second-order valence-electron chi connectivity index (χ2n) is 5.65. The van der Waals surface area contributed by atoms with Crippen LogP contribution in [0.5, 0.6) is 5.88 Å². The molecular weight excluding hydrogens is 268 g/mol. The minimum Gasteiger partial charge on any atom is -0.478 e. The van der Waals surface area contributed by atoms with Crippen molar-refractivity contribution in [3.8, 4) is 5.88 Å². The molecule has 0 spiro atoms. The quantitative estimate of drug-likeness (QED) is 0.815. The first-order valence-electron chi connectivity index (χ1n) is 7.90. The zero-order valence-electron chi connectivity index (χ0n) is 12.6. The summed E-state index contributed by atoms with van der Waals surface area (Å²) >= 11 is 0. The van der Waals surface area contributed by atoms with Crippen LogP contribution in [0.15, 0.2) is 12.3 Å². The summed E-state index contributed by atoms with van der Waals surface area (Å²) < 4.78 is 11.2. The lowest BCUT2D eigenvalue weighted by Gasteiger charge is -2.35. The van der Waals surface area contributed by atoms with E-state index in [2.05, 4.69) is 27.1 Å². The van der Waals surface area contributed by atoms with Gasteiger partial charge in [0.1, 0.15) is 0 Å². The molecule has 1 aliphatic carbocycles. The lowest BCUT2D eigenvalue weighted by Crippen LogP contribution is -2.51. The van der Waals surface area contributed by atoms with E-state index in [0.29, 0.717) is 24.6 Å². The lowest BCUT2D eigenvalue weighted by molar-refractivity contribution is 0.0926. The van der Waals surface area contributed by atoms with Crippen molar-refractivity contribution in [1.82, 2.24) is 15.3 Å². The summed E-state index contributed by atoms with van der Waals surface area (Å²) in [5, 5.41) is 3.57. The van der Waals surface area contributed by atoms with E-state index in [9.17, 15) is 0 Å². The molecule has 1 aromatic heterocycles. The van der Waals surface area contributed by atoms with Gasteiger partial charge in [0.2, 0.25) is 11.8 Å². The molecule has 2 aliphatic rings. The van der Waals surface area contributed by atoms with Crippen molar-refractivity contribution >= 4 is 5.95 Å². The highest BCUT2D eigenvalue weighted by Gasteiger charge is 2.28. The van der Waals surface area contributed by atoms with E-state index < -0.39 is 0 Å². The van der Waals surface area contributed by atoms with Crippen molar-refractivity contribution in [2.75, 3.05) is 37.8 Å². The number of nitrogens with zero attached hydrogens (tertiary/aromatic N) is 3. The van der Waals surface area contributed by atoms with Crippen LogP contribution in [-0.4, -0.2) is 55.0 Å². The Morgan fingerprint density at radius 3 is 3.19 bits per heavy atom. The van der Waals surface area contributed by atoms with Crippen LogP contribution in [0, 0.1) is 0 Å². The average molecular weight is 292 g/mol. The maximum absolute atomic E-state index is 5.61. The van der Waals surface area contributed by atoms with E-state index in [1.165, 1.54) is 12.8 Å². The van der Waals surface area contributed by atoms with E-state index in [0.717, 1.165) is 38.7 Å². The molecule has 0 bridgehead atoms. The Bertz CT molecular complexity index is 453. The van der Waals surface area contributed by atoms with Crippen molar-refractivity contribution in [1.29, 1.82) is 0 Å². The third-order valence-corrected chi connectivity index (χ3v) is 3.78. The fourth-order valence-corrected chi connectivity index (χ4v) is 2.44. The normalized spacial score (nSPS) is 22.3. The molecular formula is C15H24N4O2. The summed E-state index contributed by atoms with van der Waals surface area (Å²) in [6.45, 7) is 5.98. The van der Waals surface area contributed by atoms with Gasteiger partial charge in [0.15, 0.2) is 0 Å². The van der Waals surface area contributed by atoms with Gasteiger partial charge in [-0.15, -0.1) is 0 Å². The van der Waals surface area contributed by atoms with E-state index in [4.69, 9.17) is 9.47 Å². The van der Waals surface area contributed by atoms with Crippen LogP contribution in [0.1, 0.15) is 26.2 Å². The molecule has 2 heterocycles. The van der Waals surface area contributed by atoms with E-state index in [1.807, 2.05) is 6.07 Å². The Morgan fingerprint density at radius 2 is 2.38 bits per heavy atom. The number of morpholine rings is 1. The largest absolute Gasteiger partial charge is 0.478 e. The topological polar surface area (TPSA) is 59.5 Å². The molecule has 1 saturated heterocycles. The first-order chi connectivity index (χ1) is 10.4. The molecule has 1 aliphatic heterocycles. The summed E-state index contributed by atoms with van der Waals surface area (Å²) in [6.07, 6.45) is 5.34. The van der Waals surface area contributed by atoms with Crippen molar-refractivity contribution in [2.45, 2.75) is 38.3 Å². The van der Waals surface area contributed by atoms with Gasteiger partial charge < -0.3 is 19.7 Å². The second kappa shape index (κ2) is 7.04. The van der Waals surface area contributed by atoms with E-state index in [-0.39, 0.29) is 0 Å². The van der Waals surface area contributed by atoms with Crippen LogP contribution in [0.4, 0.5) is 5.95 Å². The molecule has 0 amide bonds. The number of hydrogen-bond acceptors (Lipinski definition) is 6. The minimum atomic E-state index is 0.292. The van der Waals surface area contributed by atoms with Crippen LogP contribution in [0.25, 0.3) is 0 Å². The number of nitrogens with one attached hydrogen (secondary N) is 1. The molecule has 0 aromatic carbocycles. The SMILES string of the molecule is CCCOc1ccnc(N2CCOCC2CNC2CC2)n1. The van der Waals surface area contributed by atoms with Crippen LogP contribution >= 0.6 is 0 Å². The Morgan fingerprint density at radius 1 is 1.48 bits per heavy atom. The molecule has 1 saturated carbocycles. The number of hydrogen-bond donors (Lipinski definition) is 1. The van der Waals surface area contributed by atoms with Gasteiger partial charge in [-0.1, -0.05) is 6.92 Å². The van der Waals surface area contributed by atoms with Crippen molar-refractivity contribution < 1.29 is 9.47 Å². The Kier molecular flexibility index (Phi) is 4.87. The second-order valence-corrected chi connectivity index (χ2v) is 5.65. The molecule has 1 aromatic rings. The van der Waals surface area contributed by atoms with Gasteiger partial charge in [0.05, 0.1) is 25.9 Å². The Labute approximate surface area is 125 Å². The van der Waals surface area contributed by atoms with Crippen LogP contribution in [-0.2, 0) is 4.74 Å². The molecule has 1 N–H and O–H groups in total. The zero-order valence-corrected chi connectivity index (χ0v) is 12.6. The standard InChI is InChI=1S/C15H24N4O2/c1-2-8-21-14-5-6-16-15(18-14)19-7-9-20-11-13(19)10-17-12-3-4-12/h5-6,12-13,17H,2-4,7-11H2,1H3. The van der Waals surface area contributed by atoms with Gasteiger partial charge in [-0.3, -0.25) is 0 Å². The summed E-state index contributed by atoms with van der Waals surface area (Å²) in [5.41, 5.74) is 0. The molecule has 116 valence electrons. The predicted molar refractivity (Wildman–Crippen MR) is 80.8 cm³/mol. The Balaban J connectivity index is 1.66. The molecule has 2 fully saturated rings. The van der Waals surface area contributed by atoms with Gasteiger partial charge in [-0.25, -0.2) is 4.98 Å². The first kappa shape index (κ1) is 14.5. The fourth-order valence-electron chi connectivity index (χ4n) is 2.44. The van der Waals surface area contributed by atoms with Gasteiger partial charge in [-0.2, -0.15) is 4.98 Å². The number of rotatable bonds is 7. The summed E-state index contributed by atoms with van der Waals surface area (Å²) in [5.74, 6) is 1.40. The third kappa shape index (κ3) is 4.04. The maximum atomic E-state index is 5.61. The molecule has 3 rings (SSSR count). The zero-order chi connectivity index (χ0) is 14.5. The highest BCUT2D eigenvalue weighted by atomic mass is 16.5. The van der Waals surface area contributed by atoms with Gasteiger partial charge >= 0.3 is 0 Å². The Hall–Kier alpha value is -1.40. The summed E-state index contributed by atoms with van der Waals surface area (Å²) in [4.78, 5) is 11.2. The van der Waals surface area contributed by atoms with Crippen LogP contribution in [0.2, 0.25) is 0 Å². The van der Waals surface area contributed by atoms with Crippen LogP contribution in [0.3, 0.4) is 0 Å². The highest BCUT2D eigenvalue weighted by molar-refractivity contribution is 5.34. The monoisotopic (exact) mass is 292 g/mol. The predicted octanol–water partition coefficient (Wildman–Crippen LogP) is 1.22. The smallest absolute Gasteiger partial charge is 0.229 e. The third-order valence-electron chi connectivity index (χ3n) is 3.78. The molecule has 1 unspecified atom stereocenters. The van der Waals surface area contributed by atoms with Crippen LogP contribution < -0.4 is 15.0 Å². The average Bonchev–Trinajstić information content (AvgIpc) is 3.36. The lowest BCUT2D eigenvalue weighted by atomic mass is 10.2. The van der Waals surface area contributed by atoms with Gasteiger partial charge in [0, 0.05) is 31.4 Å². The molecule has 0 radical (unpaired) electrons. The minimum absolute atomic E-state index is 0.292. The fraction of sp³-hybridized carbons (Fsp3) is 0.733. The van der Waals surface area contributed by atoms with E-state index >= 15 is 0 Å². The first-order valence-corrected chi connectivity index (χ1v) is 7.90. The molecule has 1 atom stereocenters. The van der Waals surface area contributed by atoms with E-state index in [1.54, 1.807) is 6.20 Å².